The molecule has 0 unspecified atom stereocenters. The molecular weight excluding hydrogens is 546 g/mol. The first-order chi connectivity index (χ1) is 22.4. The Balaban J connectivity index is 1.54. The summed E-state index contributed by atoms with van der Waals surface area (Å²) in [5, 5.41) is 10.1. The maximum absolute atomic E-state index is 2.53. The molecule has 0 spiro atoms. The van der Waals surface area contributed by atoms with Gasteiger partial charge in [-0.25, -0.2) is 0 Å². The molecule has 7 aromatic carbocycles. The van der Waals surface area contributed by atoms with Gasteiger partial charge in [0.2, 0.25) is 0 Å². The van der Waals surface area contributed by atoms with E-state index in [1.165, 1.54) is 92.9 Å². The zero-order chi connectivity index (χ0) is 29.2. The number of rotatable bonds is 1. The minimum absolute atomic E-state index is 1.17. The van der Waals surface area contributed by atoms with E-state index in [1.807, 2.05) is 0 Å². The molecule has 0 aliphatic rings. The van der Waals surface area contributed by atoms with Crippen molar-refractivity contribution in [1.82, 2.24) is 13.4 Å². The number of para-hydroxylation sites is 6. The van der Waals surface area contributed by atoms with Gasteiger partial charge in [0.05, 0.1) is 44.1 Å². The third-order valence-electron chi connectivity index (χ3n) is 9.94. The second-order valence-electron chi connectivity index (χ2n) is 12.2. The average Bonchev–Trinajstić information content (AvgIpc) is 3.73. The number of hydrogen-bond acceptors (Lipinski definition) is 0. The Labute approximate surface area is 257 Å². The first-order valence-corrected chi connectivity index (χ1v) is 15.5. The molecule has 11 rings (SSSR count). The molecule has 0 aliphatic carbocycles. The molecule has 0 amide bonds. The van der Waals surface area contributed by atoms with Crippen LogP contribution in [0.3, 0.4) is 0 Å². The van der Waals surface area contributed by atoms with Crippen molar-refractivity contribution in [2.24, 2.45) is 0 Å². The molecule has 0 bridgehead atoms. The molecule has 4 aromatic heterocycles. The van der Waals surface area contributed by atoms with Crippen LogP contribution in [0.15, 0.2) is 152 Å². The van der Waals surface area contributed by atoms with E-state index < -0.39 is 0 Å². The smallest absolute Gasteiger partial charge is 0.0782 e. The maximum atomic E-state index is 2.53. The average molecular weight is 572 g/mol. The summed E-state index contributed by atoms with van der Waals surface area (Å²) in [5.74, 6) is 0. The van der Waals surface area contributed by atoms with Crippen LogP contribution in [0.1, 0.15) is 0 Å². The Bertz CT molecular complexity index is 3030. The summed E-state index contributed by atoms with van der Waals surface area (Å²) in [7, 11) is 0. The lowest BCUT2D eigenvalue weighted by atomic mass is 10.0. The molecule has 3 nitrogen and oxygen atoms in total. The molecule has 0 fully saturated rings. The molecule has 3 heteroatoms. The van der Waals surface area contributed by atoms with Gasteiger partial charge in [0.25, 0.3) is 0 Å². The Morgan fingerprint density at radius 1 is 0.267 bits per heavy atom. The van der Waals surface area contributed by atoms with Crippen molar-refractivity contribution in [1.29, 1.82) is 0 Å². The van der Waals surface area contributed by atoms with E-state index in [4.69, 9.17) is 0 Å². The van der Waals surface area contributed by atoms with Crippen LogP contribution in [0.2, 0.25) is 0 Å². The number of fused-ring (bicyclic) bond motifs is 13. The fourth-order valence-corrected chi connectivity index (χ4v) is 8.18. The molecule has 0 N–H and O–H groups in total. The highest BCUT2D eigenvalue weighted by atomic mass is 15.0. The molecule has 0 saturated carbocycles. The van der Waals surface area contributed by atoms with E-state index in [-0.39, 0.29) is 0 Å². The lowest BCUT2D eigenvalue weighted by molar-refractivity contribution is 1.18. The molecular formula is C42H25N3. The molecule has 11 aromatic rings. The summed E-state index contributed by atoms with van der Waals surface area (Å²) in [6.45, 7) is 0. The molecule has 0 radical (unpaired) electrons. The van der Waals surface area contributed by atoms with Crippen LogP contribution < -0.4 is 0 Å². The van der Waals surface area contributed by atoms with E-state index >= 15 is 0 Å². The van der Waals surface area contributed by atoms with Crippen LogP contribution >= 0.6 is 0 Å². The third-order valence-corrected chi connectivity index (χ3v) is 9.94. The van der Waals surface area contributed by atoms with Crippen LogP contribution in [0.25, 0.3) is 92.9 Å². The normalized spacial score (nSPS) is 12.4. The van der Waals surface area contributed by atoms with E-state index in [0.29, 0.717) is 0 Å². The Hall–Kier alpha value is -6.06. The zero-order valence-electron chi connectivity index (χ0n) is 24.3. The minimum Gasteiger partial charge on any atom is -0.309 e. The molecule has 0 saturated heterocycles. The van der Waals surface area contributed by atoms with E-state index in [9.17, 15) is 0 Å². The topological polar surface area (TPSA) is 13.8 Å². The van der Waals surface area contributed by atoms with Gasteiger partial charge in [-0.3, -0.25) is 0 Å². The number of hydrogen-bond donors (Lipinski definition) is 0. The van der Waals surface area contributed by atoms with Crippen LogP contribution in [-0.4, -0.2) is 13.4 Å². The number of nitrogens with zero attached hydrogens (tertiary/aromatic N) is 3. The van der Waals surface area contributed by atoms with Gasteiger partial charge in [-0.15, -0.1) is 0 Å². The minimum atomic E-state index is 1.17. The highest BCUT2D eigenvalue weighted by Crippen LogP contribution is 2.42. The van der Waals surface area contributed by atoms with Gasteiger partial charge in [-0.05, 0) is 48.5 Å². The molecule has 0 aliphatic heterocycles. The van der Waals surface area contributed by atoms with Crippen molar-refractivity contribution in [3.05, 3.63) is 152 Å². The molecule has 0 atom stereocenters. The van der Waals surface area contributed by atoms with Crippen molar-refractivity contribution in [3.8, 4) is 5.69 Å². The number of benzene rings is 7. The lowest BCUT2D eigenvalue weighted by Crippen LogP contribution is -1.96. The van der Waals surface area contributed by atoms with E-state index in [1.54, 1.807) is 0 Å². The molecule has 208 valence electrons. The van der Waals surface area contributed by atoms with Crippen LogP contribution in [0.5, 0.6) is 0 Å². The molecule has 45 heavy (non-hydrogen) atoms. The van der Waals surface area contributed by atoms with Gasteiger partial charge in [0, 0.05) is 48.8 Å². The van der Waals surface area contributed by atoms with Crippen molar-refractivity contribution in [3.63, 3.8) is 0 Å². The van der Waals surface area contributed by atoms with Crippen LogP contribution in [0, 0.1) is 0 Å². The fourth-order valence-electron chi connectivity index (χ4n) is 8.18. The highest BCUT2D eigenvalue weighted by Gasteiger charge is 2.21. The second kappa shape index (κ2) is 8.31. The standard InChI is InChI=1S/C42H25N3/c1-2-12-26(13-3-1)43-35-20-7-6-16-29(35)33-24-40-34(25-39(33)43)32-18-10-17-30-27-14-4-8-21-36(27)44(41(30)32)38-23-11-19-31-28-15-5-9-22-37(28)45(40)42(31)38/h1-25H. The van der Waals surface area contributed by atoms with Gasteiger partial charge >= 0.3 is 0 Å². The summed E-state index contributed by atoms with van der Waals surface area (Å²) in [6.07, 6.45) is 0. The van der Waals surface area contributed by atoms with Crippen LogP contribution in [0.4, 0.5) is 0 Å². The van der Waals surface area contributed by atoms with Gasteiger partial charge in [-0.1, -0.05) is 103 Å². The summed E-state index contributed by atoms with van der Waals surface area (Å²) < 4.78 is 7.47. The summed E-state index contributed by atoms with van der Waals surface area (Å²) in [6, 6.07) is 55.8. The first kappa shape index (κ1) is 23.4. The summed E-state index contributed by atoms with van der Waals surface area (Å²) in [4.78, 5) is 0. The van der Waals surface area contributed by atoms with Gasteiger partial charge in [-0.2, -0.15) is 0 Å². The van der Waals surface area contributed by atoms with E-state index in [0.717, 1.165) is 0 Å². The van der Waals surface area contributed by atoms with Gasteiger partial charge in [0.1, 0.15) is 0 Å². The fraction of sp³-hybridized carbons (Fsp3) is 0. The predicted molar refractivity (Wildman–Crippen MR) is 190 cm³/mol. The van der Waals surface area contributed by atoms with Gasteiger partial charge < -0.3 is 13.4 Å². The zero-order valence-corrected chi connectivity index (χ0v) is 24.3. The number of aromatic nitrogens is 3. The van der Waals surface area contributed by atoms with Crippen molar-refractivity contribution >= 4 is 87.2 Å². The maximum Gasteiger partial charge on any atom is 0.0782 e. The summed E-state index contributed by atoms with van der Waals surface area (Å²) in [5.41, 5.74) is 11.0. The Kier molecular flexibility index (Phi) is 4.32. The Morgan fingerprint density at radius 3 is 1.42 bits per heavy atom. The SMILES string of the molecule is c1ccc(-n2c3ccccc3c3cc4c(cc32)c2cccc3c5ccccc5n(c5cccc6c7ccccc7n4c65)c32)cc1. The van der Waals surface area contributed by atoms with E-state index in [2.05, 4.69) is 165 Å². The second-order valence-corrected chi connectivity index (χ2v) is 12.2. The first-order valence-electron chi connectivity index (χ1n) is 15.5. The van der Waals surface area contributed by atoms with Crippen molar-refractivity contribution in [2.45, 2.75) is 0 Å². The lowest BCUT2D eigenvalue weighted by Gasteiger charge is -2.12. The third kappa shape index (κ3) is 2.86. The van der Waals surface area contributed by atoms with Gasteiger partial charge in [0.15, 0.2) is 0 Å². The highest BCUT2D eigenvalue weighted by molar-refractivity contribution is 6.25. The molecule has 4 heterocycles. The predicted octanol–water partition coefficient (Wildman–Crippen LogP) is 11.1. The summed E-state index contributed by atoms with van der Waals surface area (Å²) >= 11 is 0. The van der Waals surface area contributed by atoms with Crippen LogP contribution in [-0.2, 0) is 0 Å². The van der Waals surface area contributed by atoms with Crippen molar-refractivity contribution < 1.29 is 0 Å². The van der Waals surface area contributed by atoms with Crippen molar-refractivity contribution in [2.75, 3.05) is 0 Å². The monoisotopic (exact) mass is 571 g/mol. The largest absolute Gasteiger partial charge is 0.309 e. The quantitative estimate of drug-likeness (QED) is 0.186. The Morgan fingerprint density at radius 2 is 0.711 bits per heavy atom.